The van der Waals surface area contributed by atoms with Crippen molar-refractivity contribution in [3.8, 4) is 0 Å². The Morgan fingerprint density at radius 1 is 1.36 bits per heavy atom. The smallest absolute Gasteiger partial charge is 0.258 e. The van der Waals surface area contributed by atoms with Crippen molar-refractivity contribution in [1.29, 1.82) is 0 Å². The Morgan fingerprint density at radius 2 is 2.16 bits per heavy atom. The van der Waals surface area contributed by atoms with Crippen LogP contribution in [0.3, 0.4) is 0 Å². The lowest BCUT2D eigenvalue weighted by Gasteiger charge is -2.23. The van der Waals surface area contributed by atoms with Crippen LogP contribution in [-0.4, -0.2) is 37.1 Å². The first kappa shape index (κ1) is 15.8. The first-order valence-corrected chi connectivity index (χ1v) is 8.42. The Kier molecular flexibility index (Phi) is 3.59. The fourth-order valence-corrected chi connectivity index (χ4v) is 3.68. The molecule has 6 nitrogen and oxygen atoms in total. The van der Waals surface area contributed by atoms with Crippen LogP contribution in [0.4, 0.5) is 4.39 Å². The number of H-pyrrole nitrogens is 1. The van der Waals surface area contributed by atoms with Crippen LogP contribution < -0.4 is 0 Å². The molecular weight excluding hydrogens is 321 g/mol. The van der Waals surface area contributed by atoms with Gasteiger partial charge in [-0.3, -0.25) is 9.48 Å². The predicted molar refractivity (Wildman–Crippen MR) is 91.7 cm³/mol. The normalized spacial score (nSPS) is 17.6. The second kappa shape index (κ2) is 5.68. The standard InChI is InChI=1S/C18H20FN5O/c1-10-16(11(2)23(3)22-10)18(25)24-8-4-5-15(24)17-20-13-7-6-12(19)9-14(13)21-17/h6-7,9,15H,4-5,8H2,1-3H3,(H,20,21). The van der Waals surface area contributed by atoms with Gasteiger partial charge >= 0.3 is 0 Å². The van der Waals surface area contributed by atoms with E-state index >= 15 is 0 Å². The van der Waals surface area contributed by atoms with Gasteiger partial charge in [0.2, 0.25) is 0 Å². The lowest BCUT2D eigenvalue weighted by atomic mass is 10.1. The molecule has 25 heavy (non-hydrogen) atoms. The summed E-state index contributed by atoms with van der Waals surface area (Å²) in [5.74, 6) is 0.395. The number of hydrogen-bond acceptors (Lipinski definition) is 3. The third kappa shape index (κ3) is 2.50. The Bertz CT molecular complexity index is 973. The van der Waals surface area contributed by atoms with Crippen molar-refractivity contribution < 1.29 is 9.18 Å². The van der Waals surface area contributed by atoms with Crippen LogP contribution in [0, 0.1) is 19.7 Å². The fourth-order valence-electron chi connectivity index (χ4n) is 3.68. The number of benzene rings is 1. The summed E-state index contributed by atoms with van der Waals surface area (Å²) < 4.78 is 15.2. The van der Waals surface area contributed by atoms with Gasteiger partial charge in [-0.05, 0) is 44.9 Å². The van der Waals surface area contributed by atoms with Crippen molar-refractivity contribution in [2.45, 2.75) is 32.7 Å². The van der Waals surface area contributed by atoms with Crippen LogP contribution in [0.2, 0.25) is 0 Å². The summed E-state index contributed by atoms with van der Waals surface area (Å²) in [4.78, 5) is 22.7. The molecule has 1 N–H and O–H groups in total. The molecule has 0 aliphatic carbocycles. The third-order valence-electron chi connectivity index (χ3n) is 5.01. The second-order valence-corrected chi connectivity index (χ2v) is 6.61. The Hall–Kier alpha value is -2.70. The minimum Gasteiger partial charge on any atom is -0.340 e. The topological polar surface area (TPSA) is 66.8 Å². The van der Waals surface area contributed by atoms with Gasteiger partial charge in [-0.1, -0.05) is 0 Å². The minimum absolute atomic E-state index is 0.0164. The highest BCUT2D eigenvalue weighted by Crippen LogP contribution is 2.33. The van der Waals surface area contributed by atoms with Crippen LogP contribution in [0.1, 0.15) is 46.5 Å². The molecule has 4 rings (SSSR count). The van der Waals surface area contributed by atoms with Crippen molar-refractivity contribution >= 4 is 16.9 Å². The highest BCUT2D eigenvalue weighted by atomic mass is 19.1. The molecule has 7 heteroatoms. The molecule has 0 spiro atoms. The van der Waals surface area contributed by atoms with Crippen LogP contribution in [0.25, 0.3) is 11.0 Å². The largest absolute Gasteiger partial charge is 0.340 e. The SMILES string of the molecule is Cc1nn(C)c(C)c1C(=O)N1CCCC1c1nc2ccc(F)cc2[nH]1. The number of amides is 1. The highest BCUT2D eigenvalue weighted by Gasteiger charge is 2.34. The summed E-state index contributed by atoms with van der Waals surface area (Å²) in [7, 11) is 1.84. The molecule has 1 amide bonds. The first-order chi connectivity index (χ1) is 12.0. The summed E-state index contributed by atoms with van der Waals surface area (Å²) in [6.45, 7) is 4.44. The van der Waals surface area contributed by atoms with Crippen molar-refractivity contribution in [1.82, 2.24) is 24.6 Å². The quantitative estimate of drug-likeness (QED) is 0.779. The number of fused-ring (bicyclic) bond motifs is 1. The third-order valence-corrected chi connectivity index (χ3v) is 5.01. The van der Waals surface area contributed by atoms with Crippen molar-refractivity contribution in [3.63, 3.8) is 0 Å². The van der Waals surface area contributed by atoms with Gasteiger partial charge in [0, 0.05) is 19.3 Å². The molecule has 0 saturated carbocycles. The monoisotopic (exact) mass is 341 g/mol. The molecule has 0 bridgehead atoms. The highest BCUT2D eigenvalue weighted by molar-refractivity contribution is 5.96. The molecule has 1 aliphatic heterocycles. The van der Waals surface area contributed by atoms with E-state index in [4.69, 9.17) is 0 Å². The number of imidazole rings is 1. The number of hydrogen-bond donors (Lipinski definition) is 1. The fraction of sp³-hybridized carbons (Fsp3) is 0.389. The maximum absolute atomic E-state index is 13.4. The van der Waals surface area contributed by atoms with Gasteiger partial charge in [0.15, 0.2) is 0 Å². The Balaban J connectivity index is 1.70. The van der Waals surface area contributed by atoms with Gasteiger partial charge in [-0.15, -0.1) is 0 Å². The van der Waals surface area contributed by atoms with Gasteiger partial charge in [0.25, 0.3) is 5.91 Å². The minimum atomic E-state index is -0.302. The van der Waals surface area contributed by atoms with Crippen LogP contribution in [0.5, 0.6) is 0 Å². The molecule has 130 valence electrons. The second-order valence-electron chi connectivity index (χ2n) is 6.61. The molecular formula is C18H20FN5O. The van der Waals surface area contributed by atoms with Gasteiger partial charge in [0.05, 0.1) is 28.3 Å². The number of aryl methyl sites for hydroxylation is 2. The van der Waals surface area contributed by atoms with Crippen LogP contribution >= 0.6 is 0 Å². The summed E-state index contributed by atoms with van der Waals surface area (Å²) in [5, 5.41) is 4.35. The summed E-state index contributed by atoms with van der Waals surface area (Å²) >= 11 is 0. The number of aromatic nitrogens is 4. The zero-order chi connectivity index (χ0) is 17.7. The van der Waals surface area contributed by atoms with Crippen molar-refractivity contribution in [2.24, 2.45) is 7.05 Å². The summed E-state index contributed by atoms with van der Waals surface area (Å²) in [6, 6.07) is 4.36. The summed E-state index contributed by atoms with van der Waals surface area (Å²) in [5.41, 5.74) is 3.63. The van der Waals surface area contributed by atoms with E-state index in [-0.39, 0.29) is 17.8 Å². The molecule has 1 aromatic carbocycles. The number of carbonyl (C=O) groups excluding carboxylic acids is 1. The van der Waals surface area contributed by atoms with Gasteiger partial charge in [-0.25, -0.2) is 9.37 Å². The number of rotatable bonds is 2. The van der Waals surface area contributed by atoms with E-state index in [2.05, 4.69) is 15.1 Å². The van der Waals surface area contributed by atoms with E-state index in [0.29, 0.717) is 29.0 Å². The van der Waals surface area contributed by atoms with Crippen LogP contribution in [-0.2, 0) is 7.05 Å². The van der Waals surface area contributed by atoms with Gasteiger partial charge < -0.3 is 9.88 Å². The maximum Gasteiger partial charge on any atom is 0.258 e. The molecule has 1 saturated heterocycles. The molecule has 2 aromatic heterocycles. The number of carbonyl (C=O) groups is 1. The van der Waals surface area contributed by atoms with Gasteiger partial charge in [0.1, 0.15) is 11.6 Å². The average Bonchev–Trinajstić information content (AvgIpc) is 3.25. The number of nitrogens with one attached hydrogen (secondary N) is 1. The Morgan fingerprint density at radius 3 is 2.88 bits per heavy atom. The molecule has 1 fully saturated rings. The van der Waals surface area contributed by atoms with E-state index < -0.39 is 0 Å². The van der Waals surface area contributed by atoms with E-state index in [1.165, 1.54) is 12.1 Å². The number of aromatic amines is 1. The number of nitrogens with zero attached hydrogens (tertiary/aromatic N) is 4. The molecule has 1 atom stereocenters. The molecule has 3 aromatic rings. The van der Waals surface area contributed by atoms with Crippen molar-refractivity contribution in [3.05, 3.63) is 46.8 Å². The lowest BCUT2D eigenvalue weighted by molar-refractivity contribution is 0.0729. The zero-order valence-corrected chi connectivity index (χ0v) is 14.5. The van der Waals surface area contributed by atoms with E-state index in [1.807, 2.05) is 25.8 Å². The first-order valence-electron chi connectivity index (χ1n) is 8.42. The maximum atomic E-state index is 13.4. The zero-order valence-electron chi connectivity index (χ0n) is 14.5. The van der Waals surface area contributed by atoms with E-state index in [1.54, 1.807) is 10.7 Å². The number of halogens is 1. The molecule has 3 heterocycles. The molecule has 1 unspecified atom stereocenters. The number of likely N-dealkylation sites (tertiary alicyclic amines) is 1. The van der Waals surface area contributed by atoms with E-state index in [9.17, 15) is 9.18 Å². The molecule has 0 radical (unpaired) electrons. The van der Waals surface area contributed by atoms with E-state index in [0.717, 1.165) is 24.2 Å². The van der Waals surface area contributed by atoms with Gasteiger partial charge in [-0.2, -0.15) is 5.10 Å². The Labute approximate surface area is 144 Å². The van der Waals surface area contributed by atoms with Crippen LogP contribution in [0.15, 0.2) is 18.2 Å². The average molecular weight is 341 g/mol. The summed E-state index contributed by atoms with van der Waals surface area (Å²) in [6.07, 6.45) is 1.76. The predicted octanol–water partition coefficient (Wildman–Crippen LogP) is 3.03. The lowest BCUT2D eigenvalue weighted by Crippen LogP contribution is -2.31. The van der Waals surface area contributed by atoms with Crippen molar-refractivity contribution in [2.75, 3.05) is 6.54 Å². The molecule has 1 aliphatic rings.